The second kappa shape index (κ2) is 7.73. The highest BCUT2D eigenvalue weighted by molar-refractivity contribution is 7.14. The second-order valence-corrected chi connectivity index (χ2v) is 11.1. The molecule has 7 rings (SSSR count). The summed E-state index contributed by atoms with van der Waals surface area (Å²) >= 11 is 1.60. The van der Waals surface area contributed by atoms with Crippen molar-refractivity contribution in [1.29, 1.82) is 0 Å². The molecule has 4 saturated carbocycles. The van der Waals surface area contributed by atoms with Gasteiger partial charge in [-0.15, -0.1) is 11.3 Å². The Bertz CT molecular complexity index is 1130. The van der Waals surface area contributed by atoms with Gasteiger partial charge in [-0.05, 0) is 87.0 Å². The normalized spacial score (nSPS) is 28.0. The minimum absolute atomic E-state index is 0.129. The van der Waals surface area contributed by atoms with E-state index in [1.165, 1.54) is 24.8 Å². The van der Waals surface area contributed by atoms with Crippen LogP contribution in [0.15, 0.2) is 53.9 Å². The summed E-state index contributed by atoms with van der Waals surface area (Å²) in [6, 6.07) is 16.4. The van der Waals surface area contributed by atoms with Crippen LogP contribution in [0.1, 0.15) is 44.1 Å². The van der Waals surface area contributed by atoms with Gasteiger partial charge < -0.3 is 10.6 Å². The van der Waals surface area contributed by atoms with E-state index in [1.54, 1.807) is 11.3 Å². The number of aromatic nitrogens is 1. The number of carbonyl (C=O) groups excluding carboxylic acids is 1. The first-order valence-corrected chi connectivity index (χ1v) is 12.6. The third-order valence-electron chi connectivity index (χ3n) is 7.83. The van der Waals surface area contributed by atoms with Gasteiger partial charge in [0.25, 0.3) is 0 Å². The molecule has 1 amide bonds. The molecule has 1 heterocycles. The van der Waals surface area contributed by atoms with E-state index in [-0.39, 0.29) is 11.3 Å². The summed E-state index contributed by atoms with van der Waals surface area (Å²) in [5, 5.41) is 9.65. The van der Waals surface area contributed by atoms with Crippen molar-refractivity contribution in [3.8, 4) is 11.3 Å². The highest BCUT2D eigenvalue weighted by Gasteiger charge is 2.54. The molecule has 164 valence electrons. The summed E-state index contributed by atoms with van der Waals surface area (Å²) in [4.78, 5) is 18.2. The standard InChI is InChI=1S/C27H29N3OS/c1-17-5-2-3-8-23(17)29-26-30-24(16-32-26)21-6-4-7-22(12-21)28-25(31)27-13-18-9-19(14-27)11-20(10-18)15-27/h2-8,12,16,18-20H,9-11,13-15H2,1H3,(H,28,31)(H,29,30). The van der Waals surface area contributed by atoms with E-state index in [2.05, 4.69) is 47.2 Å². The number of nitrogens with one attached hydrogen (secondary N) is 2. The molecule has 5 heteroatoms. The van der Waals surface area contributed by atoms with Gasteiger partial charge in [0.2, 0.25) is 5.91 Å². The van der Waals surface area contributed by atoms with Crippen LogP contribution >= 0.6 is 11.3 Å². The zero-order chi connectivity index (χ0) is 21.7. The Balaban J connectivity index is 1.19. The molecule has 4 fully saturated rings. The lowest BCUT2D eigenvalue weighted by molar-refractivity contribution is -0.140. The Morgan fingerprint density at radius 2 is 1.72 bits per heavy atom. The van der Waals surface area contributed by atoms with E-state index >= 15 is 0 Å². The summed E-state index contributed by atoms with van der Waals surface area (Å²) in [6.45, 7) is 2.09. The highest BCUT2D eigenvalue weighted by Crippen LogP contribution is 2.60. The molecule has 0 radical (unpaired) electrons. The number of amides is 1. The number of aryl methyl sites for hydroxylation is 1. The summed E-state index contributed by atoms with van der Waals surface area (Å²) in [5.41, 5.74) is 4.98. The molecular weight excluding hydrogens is 414 g/mol. The Morgan fingerprint density at radius 3 is 2.44 bits per heavy atom. The third kappa shape index (κ3) is 3.62. The molecule has 0 unspecified atom stereocenters. The van der Waals surface area contributed by atoms with Gasteiger partial charge in [0.1, 0.15) is 0 Å². The van der Waals surface area contributed by atoms with Crippen molar-refractivity contribution in [3.05, 3.63) is 59.5 Å². The van der Waals surface area contributed by atoms with Gasteiger partial charge in [0, 0.05) is 22.3 Å². The van der Waals surface area contributed by atoms with E-state index in [4.69, 9.17) is 4.98 Å². The van der Waals surface area contributed by atoms with Crippen LogP contribution in [0.2, 0.25) is 0 Å². The Labute approximate surface area is 193 Å². The lowest BCUT2D eigenvalue weighted by Crippen LogP contribution is -2.51. The van der Waals surface area contributed by atoms with Crippen molar-refractivity contribution in [3.63, 3.8) is 0 Å². The molecule has 1 aromatic heterocycles. The Morgan fingerprint density at radius 1 is 1.00 bits per heavy atom. The summed E-state index contributed by atoms with van der Waals surface area (Å²) in [5.74, 6) is 2.56. The first-order valence-electron chi connectivity index (χ1n) is 11.8. The van der Waals surface area contributed by atoms with E-state index in [9.17, 15) is 4.79 Å². The van der Waals surface area contributed by atoms with Crippen molar-refractivity contribution in [2.45, 2.75) is 45.4 Å². The fourth-order valence-electron chi connectivity index (χ4n) is 6.70. The Hall–Kier alpha value is -2.66. The number of thiazole rings is 1. The molecule has 2 N–H and O–H groups in total. The predicted octanol–water partition coefficient (Wildman–Crippen LogP) is 7.02. The molecule has 2 aromatic carbocycles. The summed E-state index contributed by atoms with van der Waals surface area (Å²) in [6.07, 6.45) is 7.32. The van der Waals surface area contributed by atoms with Gasteiger partial charge >= 0.3 is 0 Å². The Kier molecular flexibility index (Phi) is 4.83. The van der Waals surface area contributed by atoms with E-state index in [0.717, 1.165) is 64.8 Å². The van der Waals surface area contributed by atoms with Crippen molar-refractivity contribution >= 4 is 33.8 Å². The third-order valence-corrected chi connectivity index (χ3v) is 8.58. The van der Waals surface area contributed by atoms with Crippen LogP contribution in [0.4, 0.5) is 16.5 Å². The van der Waals surface area contributed by atoms with Crippen LogP contribution in [0.3, 0.4) is 0 Å². The zero-order valence-electron chi connectivity index (χ0n) is 18.4. The molecule has 4 bridgehead atoms. The van der Waals surface area contributed by atoms with E-state index < -0.39 is 0 Å². The van der Waals surface area contributed by atoms with Crippen molar-refractivity contribution in [2.75, 3.05) is 10.6 Å². The molecule has 0 aliphatic heterocycles. The van der Waals surface area contributed by atoms with Gasteiger partial charge in [0.05, 0.1) is 11.1 Å². The number of hydrogen-bond donors (Lipinski definition) is 2. The van der Waals surface area contributed by atoms with E-state index in [0.29, 0.717) is 0 Å². The van der Waals surface area contributed by atoms with Crippen LogP contribution in [0.5, 0.6) is 0 Å². The fraction of sp³-hybridized carbons (Fsp3) is 0.407. The van der Waals surface area contributed by atoms with Crippen LogP contribution in [-0.4, -0.2) is 10.9 Å². The van der Waals surface area contributed by atoms with Gasteiger partial charge in [-0.3, -0.25) is 4.79 Å². The number of hydrogen-bond acceptors (Lipinski definition) is 4. The van der Waals surface area contributed by atoms with Gasteiger partial charge in [-0.1, -0.05) is 30.3 Å². The maximum atomic E-state index is 13.4. The molecule has 4 nitrogen and oxygen atoms in total. The SMILES string of the molecule is Cc1ccccc1Nc1nc(-c2cccc(NC(=O)C34CC5CC(CC(C5)C3)C4)c2)cs1. The number of nitrogens with zero attached hydrogens (tertiary/aromatic N) is 1. The first-order chi connectivity index (χ1) is 15.6. The van der Waals surface area contributed by atoms with Gasteiger partial charge in [-0.25, -0.2) is 4.98 Å². The van der Waals surface area contributed by atoms with Crippen molar-refractivity contribution < 1.29 is 4.79 Å². The maximum Gasteiger partial charge on any atom is 0.230 e. The number of anilines is 3. The number of para-hydroxylation sites is 1. The first kappa shape index (κ1) is 20.0. The van der Waals surface area contributed by atoms with Crippen LogP contribution in [-0.2, 0) is 4.79 Å². The number of benzene rings is 2. The molecule has 0 atom stereocenters. The smallest absolute Gasteiger partial charge is 0.230 e. The number of carbonyl (C=O) groups is 1. The molecule has 0 spiro atoms. The largest absolute Gasteiger partial charge is 0.331 e. The monoisotopic (exact) mass is 443 g/mol. The second-order valence-electron chi connectivity index (χ2n) is 10.2. The molecule has 3 aromatic rings. The molecular formula is C27H29N3OS. The quantitative estimate of drug-likeness (QED) is 0.446. The molecule has 4 aliphatic carbocycles. The van der Waals surface area contributed by atoms with E-state index in [1.807, 2.05) is 24.3 Å². The topological polar surface area (TPSA) is 54.0 Å². The van der Waals surface area contributed by atoms with Gasteiger partial charge in [-0.2, -0.15) is 0 Å². The highest BCUT2D eigenvalue weighted by atomic mass is 32.1. The lowest BCUT2D eigenvalue weighted by Gasteiger charge is -2.55. The van der Waals surface area contributed by atoms with Crippen LogP contribution < -0.4 is 10.6 Å². The van der Waals surface area contributed by atoms with Crippen LogP contribution in [0, 0.1) is 30.1 Å². The van der Waals surface area contributed by atoms with Crippen molar-refractivity contribution in [2.24, 2.45) is 23.2 Å². The lowest BCUT2D eigenvalue weighted by atomic mass is 9.49. The zero-order valence-corrected chi connectivity index (χ0v) is 19.3. The average molecular weight is 444 g/mol. The average Bonchev–Trinajstić information content (AvgIpc) is 3.23. The minimum Gasteiger partial charge on any atom is -0.331 e. The van der Waals surface area contributed by atoms with Crippen LogP contribution in [0.25, 0.3) is 11.3 Å². The fourth-order valence-corrected chi connectivity index (χ4v) is 7.43. The maximum absolute atomic E-state index is 13.4. The molecule has 4 aliphatic rings. The summed E-state index contributed by atoms with van der Waals surface area (Å²) < 4.78 is 0. The van der Waals surface area contributed by atoms with Gasteiger partial charge in [0.15, 0.2) is 5.13 Å². The number of rotatable bonds is 5. The predicted molar refractivity (Wildman–Crippen MR) is 131 cm³/mol. The molecule has 0 saturated heterocycles. The summed E-state index contributed by atoms with van der Waals surface area (Å²) in [7, 11) is 0. The minimum atomic E-state index is -0.129. The van der Waals surface area contributed by atoms with Crippen molar-refractivity contribution in [1.82, 2.24) is 4.98 Å². The molecule has 32 heavy (non-hydrogen) atoms.